The van der Waals surface area contributed by atoms with E-state index in [9.17, 15) is 9.18 Å². The maximum Gasteiger partial charge on any atom is 0.323 e. The van der Waals surface area contributed by atoms with Gasteiger partial charge in [0.1, 0.15) is 17.9 Å². The molecule has 2 amide bonds. The van der Waals surface area contributed by atoms with Gasteiger partial charge in [-0.25, -0.2) is 19.2 Å². The van der Waals surface area contributed by atoms with E-state index in [-0.39, 0.29) is 0 Å². The number of aromatic nitrogens is 2. The van der Waals surface area contributed by atoms with Crippen LogP contribution in [0.15, 0.2) is 73.1 Å². The van der Waals surface area contributed by atoms with Crippen molar-refractivity contribution in [2.24, 2.45) is 0 Å². The number of amides is 2. The third-order valence-corrected chi connectivity index (χ3v) is 4.51. The summed E-state index contributed by atoms with van der Waals surface area (Å²) in [6.07, 6.45) is 1.46. The Morgan fingerprint density at radius 1 is 0.935 bits per heavy atom. The van der Waals surface area contributed by atoms with E-state index in [0.717, 1.165) is 16.6 Å². The van der Waals surface area contributed by atoms with Crippen molar-refractivity contribution in [1.82, 2.24) is 9.97 Å². The number of rotatable bonds is 5. The van der Waals surface area contributed by atoms with Crippen LogP contribution in [-0.2, 0) is 0 Å². The van der Waals surface area contributed by atoms with Gasteiger partial charge in [-0.15, -0.1) is 0 Å². The van der Waals surface area contributed by atoms with E-state index in [1.54, 1.807) is 30.3 Å². The first-order valence-corrected chi connectivity index (χ1v) is 9.51. The van der Waals surface area contributed by atoms with Crippen LogP contribution in [-0.4, -0.2) is 30.1 Å². The van der Waals surface area contributed by atoms with Crippen molar-refractivity contribution in [3.63, 3.8) is 0 Å². The molecule has 0 unspecified atom stereocenters. The SMILES string of the molecule is CN(C)c1ccc2c(Oc3ccc(NC(=O)Nc4cccc(F)c4)cc3)ncnc2c1. The summed E-state index contributed by atoms with van der Waals surface area (Å²) in [5.41, 5.74) is 2.74. The largest absolute Gasteiger partial charge is 0.438 e. The zero-order valence-corrected chi connectivity index (χ0v) is 17.0. The maximum absolute atomic E-state index is 13.2. The molecule has 156 valence electrons. The van der Waals surface area contributed by atoms with Crippen molar-refractivity contribution in [1.29, 1.82) is 0 Å². The molecule has 0 saturated carbocycles. The molecule has 0 aliphatic rings. The summed E-state index contributed by atoms with van der Waals surface area (Å²) in [6.45, 7) is 0. The van der Waals surface area contributed by atoms with Crippen LogP contribution in [0.2, 0.25) is 0 Å². The second-order valence-corrected chi connectivity index (χ2v) is 6.99. The molecule has 8 heteroatoms. The summed E-state index contributed by atoms with van der Waals surface area (Å²) >= 11 is 0. The predicted octanol–water partition coefficient (Wildman–Crippen LogP) is 5.27. The average molecular weight is 417 g/mol. The molecule has 31 heavy (non-hydrogen) atoms. The van der Waals surface area contributed by atoms with Crippen LogP contribution in [0.3, 0.4) is 0 Å². The van der Waals surface area contributed by atoms with Crippen LogP contribution >= 0.6 is 0 Å². The van der Waals surface area contributed by atoms with Gasteiger partial charge in [0.15, 0.2) is 0 Å². The molecule has 4 aromatic rings. The number of ether oxygens (including phenoxy) is 1. The molecule has 4 rings (SSSR count). The van der Waals surface area contributed by atoms with E-state index < -0.39 is 11.8 Å². The molecule has 3 aromatic carbocycles. The zero-order chi connectivity index (χ0) is 21.8. The van der Waals surface area contributed by atoms with Crippen LogP contribution in [0.4, 0.5) is 26.2 Å². The van der Waals surface area contributed by atoms with Gasteiger partial charge in [-0.1, -0.05) is 6.07 Å². The first kappa shape index (κ1) is 20.1. The smallest absolute Gasteiger partial charge is 0.323 e. The van der Waals surface area contributed by atoms with Crippen molar-refractivity contribution in [2.75, 3.05) is 29.6 Å². The second-order valence-electron chi connectivity index (χ2n) is 6.99. The van der Waals surface area contributed by atoms with Crippen molar-refractivity contribution in [3.8, 4) is 11.6 Å². The zero-order valence-electron chi connectivity index (χ0n) is 17.0. The Morgan fingerprint density at radius 2 is 1.71 bits per heavy atom. The topological polar surface area (TPSA) is 79.4 Å². The Morgan fingerprint density at radius 3 is 2.45 bits per heavy atom. The molecule has 0 aliphatic carbocycles. The number of hydrogen-bond acceptors (Lipinski definition) is 5. The monoisotopic (exact) mass is 417 g/mol. The van der Waals surface area contributed by atoms with Crippen molar-refractivity contribution < 1.29 is 13.9 Å². The molecular formula is C23H20FN5O2. The minimum atomic E-state index is -0.474. The number of fused-ring (bicyclic) bond motifs is 1. The Kier molecular flexibility index (Phi) is 5.61. The number of anilines is 3. The van der Waals surface area contributed by atoms with E-state index in [2.05, 4.69) is 20.6 Å². The normalized spacial score (nSPS) is 10.5. The molecule has 1 heterocycles. The second kappa shape index (κ2) is 8.66. The third-order valence-electron chi connectivity index (χ3n) is 4.51. The van der Waals surface area contributed by atoms with Gasteiger partial charge >= 0.3 is 6.03 Å². The molecule has 0 spiro atoms. The van der Waals surface area contributed by atoms with E-state index in [1.807, 2.05) is 37.2 Å². The van der Waals surface area contributed by atoms with Crippen molar-refractivity contribution in [2.45, 2.75) is 0 Å². The van der Waals surface area contributed by atoms with Crippen molar-refractivity contribution >= 4 is 34.0 Å². The molecule has 0 atom stereocenters. The fourth-order valence-electron chi connectivity index (χ4n) is 2.96. The summed E-state index contributed by atoms with van der Waals surface area (Å²) in [7, 11) is 3.93. The van der Waals surface area contributed by atoms with Crippen molar-refractivity contribution in [3.05, 3.63) is 78.9 Å². The summed E-state index contributed by atoms with van der Waals surface area (Å²) in [4.78, 5) is 22.7. The molecule has 7 nitrogen and oxygen atoms in total. The highest BCUT2D eigenvalue weighted by Gasteiger charge is 2.09. The van der Waals surface area contributed by atoms with E-state index in [4.69, 9.17) is 4.74 Å². The van der Waals surface area contributed by atoms with Crippen LogP contribution < -0.4 is 20.3 Å². The molecule has 2 N–H and O–H groups in total. The maximum atomic E-state index is 13.2. The van der Waals surface area contributed by atoms with Gasteiger partial charge in [-0.05, 0) is 60.7 Å². The summed E-state index contributed by atoms with van der Waals surface area (Å²) in [6, 6.07) is 17.9. The molecular weight excluding hydrogens is 397 g/mol. The van der Waals surface area contributed by atoms with Crippen LogP contribution in [0.5, 0.6) is 11.6 Å². The van der Waals surface area contributed by atoms with Gasteiger partial charge in [0.2, 0.25) is 5.88 Å². The first-order chi connectivity index (χ1) is 15.0. The number of urea groups is 1. The minimum Gasteiger partial charge on any atom is -0.438 e. The Hall–Kier alpha value is -4.20. The van der Waals surface area contributed by atoms with Gasteiger partial charge in [0, 0.05) is 31.2 Å². The van der Waals surface area contributed by atoms with Gasteiger partial charge in [0.25, 0.3) is 0 Å². The fraction of sp³-hybridized carbons (Fsp3) is 0.0870. The number of carbonyl (C=O) groups excluding carboxylic acids is 1. The Labute approximate surface area is 178 Å². The molecule has 0 fully saturated rings. The quantitative estimate of drug-likeness (QED) is 0.462. The fourth-order valence-corrected chi connectivity index (χ4v) is 2.96. The minimum absolute atomic E-state index is 0.366. The highest BCUT2D eigenvalue weighted by atomic mass is 19.1. The number of carbonyl (C=O) groups is 1. The van der Waals surface area contributed by atoms with E-state index in [1.165, 1.54) is 24.5 Å². The summed E-state index contributed by atoms with van der Waals surface area (Å²) in [5.74, 6) is 0.585. The van der Waals surface area contributed by atoms with Gasteiger partial charge in [0.05, 0.1) is 10.9 Å². The number of benzene rings is 3. The lowest BCUT2D eigenvalue weighted by Gasteiger charge is -2.13. The molecule has 0 saturated heterocycles. The lowest BCUT2D eigenvalue weighted by Crippen LogP contribution is -2.19. The summed E-state index contributed by atoms with van der Waals surface area (Å²) in [5, 5.41) is 6.06. The van der Waals surface area contributed by atoms with Crippen LogP contribution in [0.1, 0.15) is 0 Å². The van der Waals surface area contributed by atoms with Crippen LogP contribution in [0, 0.1) is 5.82 Å². The average Bonchev–Trinajstić information content (AvgIpc) is 2.75. The lowest BCUT2D eigenvalue weighted by atomic mass is 10.2. The lowest BCUT2D eigenvalue weighted by molar-refractivity contribution is 0.262. The highest BCUT2D eigenvalue weighted by Crippen LogP contribution is 2.29. The number of hydrogen-bond donors (Lipinski definition) is 2. The van der Waals surface area contributed by atoms with E-state index in [0.29, 0.717) is 23.0 Å². The molecule has 0 radical (unpaired) electrons. The standard InChI is InChI=1S/C23H20FN5O2/c1-29(2)18-8-11-20-21(13-18)25-14-26-22(20)31-19-9-6-16(7-10-19)27-23(30)28-17-5-3-4-15(24)12-17/h3-14H,1-2H3,(H2,27,28,30). The number of halogens is 1. The van der Waals surface area contributed by atoms with Gasteiger partial charge < -0.3 is 20.3 Å². The van der Waals surface area contributed by atoms with E-state index >= 15 is 0 Å². The number of nitrogens with one attached hydrogen (secondary N) is 2. The molecule has 1 aromatic heterocycles. The molecule has 0 aliphatic heterocycles. The highest BCUT2D eigenvalue weighted by molar-refractivity contribution is 5.99. The van der Waals surface area contributed by atoms with Crippen LogP contribution in [0.25, 0.3) is 10.9 Å². The van der Waals surface area contributed by atoms with Gasteiger partial charge in [-0.3, -0.25) is 0 Å². The van der Waals surface area contributed by atoms with Gasteiger partial charge in [-0.2, -0.15) is 0 Å². The summed E-state index contributed by atoms with van der Waals surface area (Å²) < 4.78 is 19.1. The first-order valence-electron chi connectivity index (χ1n) is 9.51. The predicted molar refractivity (Wildman–Crippen MR) is 119 cm³/mol. The third kappa shape index (κ3) is 4.87. The Bertz CT molecular complexity index is 1230. The molecule has 0 bridgehead atoms. The Balaban J connectivity index is 1.44. The number of nitrogens with zero attached hydrogens (tertiary/aromatic N) is 3.